The van der Waals surface area contributed by atoms with Gasteiger partial charge in [-0.05, 0) is 18.1 Å². The number of carbonyl (C=O) groups excluding carboxylic acids is 1. The van der Waals surface area contributed by atoms with E-state index >= 15 is 0 Å². The summed E-state index contributed by atoms with van der Waals surface area (Å²) in [6.45, 7) is 5.84. The van der Waals surface area contributed by atoms with E-state index in [-0.39, 0.29) is 12.5 Å². The number of hydrogen-bond acceptors (Lipinski definition) is 3. The minimum absolute atomic E-state index is 0.0239. The summed E-state index contributed by atoms with van der Waals surface area (Å²) >= 11 is 0. The van der Waals surface area contributed by atoms with Crippen molar-refractivity contribution in [3.8, 4) is 5.69 Å². The first-order valence-electron chi connectivity index (χ1n) is 9.15. The van der Waals surface area contributed by atoms with Crippen LogP contribution in [0.5, 0.6) is 0 Å². The van der Waals surface area contributed by atoms with E-state index in [0.717, 1.165) is 17.8 Å². The Morgan fingerprint density at radius 3 is 2.56 bits per heavy atom. The molecule has 146 valence electrons. The lowest BCUT2D eigenvalue weighted by Gasteiger charge is -2.23. The van der Waals surface area contributed by atoms with Gasteiger partial charge in [0.2, 0.25) is 5.91 Å². The number of nitrogens with one attached hydrogen (secondary N) is 1. The van der Waals surface area contributed by atoms with E-state index in [1.54, 1.807) is 19.0 Å². The Morgan fingerprint density at radius 2 is 1.93 bits per heavy atom. The Morgan fingerprint density at radius 1 is 1.22 bits per heavy atom. The van der Waals surface area contributed by atoms with E-state index < -0.39 is 0 Å². The maximum Gasteiger partial charge on any atom is 0.243 e. The topological polar surface area (TPSA) is 65.8 Å². The van der Waals surface area contributed by atoms with Gasteiger partial charge in [0, 0.05) is 46.0 Å². The van der Waals surface area contributed by atoms with Crippen molar-refractivity contribution in [1.29, 1.82) is 0 Å². The number of benzene rings is 1. The SMILES string of the molecule is CC(C)CNC(=NCC(=O)N(C)C)N(C)Cc1cnn(-c2ccccc2)c1. The molecule has 0 aliphatic rings. The quantitative estimate of drug-likeness (QED) is 0.598. The van der Waals surface area contributed by atoms with E-state index in [1.165, 1.54) is 0 Å². The summed E-state index contributed by atoms with van der Waals surface area (Å²) in [7, 11) is 5.44. The minimum Gasteiger partial charge on any atom is -0.356 e. The van der Waals surface area contributed by atoms with Crippen molar-refractivity contribution in [2.45, 2.75) is 20.4 Å². The van der Waals surface area contributed by atoms with Crippen LogP contribution in [0, 0.1) is 5.92 Å². The summed E-state index contributed by atoms with van der Waals surface area (Å²) in [5.41, 5.74) is 2.09. The van der Waals surface area contributed by atoms with Crippen LogP contribution in [0.15, 0.2) is 47.7 Å². The third-order valence-corrected chi connectivity index (χ3v) is 3.97. The predicted octanol–water partition coefficient (Wildman–Crippen LogP) is 1.99. The normalized spacial score (nSPS) is 11.6. The summed E-state index contributed by atoms with van der Waals surface area (Å²) in [4.78, 5) is 19.9. The highest BCUT2D eigenvalue weighted by Gasteiger charge is 2.11. The minimum atomic E-state index is -0.0239. The molecule has 7 nitrogen and oxygen atoms in total. The maximum absolute atomic E-state index is 11.9. The van der Waals surface area contributed by atoms with E-state index in [4.69, 9.17) is 0 Å². The molecule has 0 radical (unpaired) electrons. The molecule has 0 saturated carbocycles. The second-order valence-corrected chi connectivity index (χ2v) is 7.19. The van der Waals surface area contributed by atoms with Gasteiger partial charge in [-0.2, -0.15) is 5.10 Å². The average molecular weight is 371 g/mol. The fourth-order valence-electron chi connectivity index (χ4n) is 2.40. The van der Waals surface area contributed by atoms with Crippen LogP contribution in [-0.4, -0.2) is 65.7 Å². The third-order valence-electron chi connectivity index (χ3n) is 3.97. The molecule has 1 aromatic heterocycles. The summed E-state index contributed by atoms with van der Waals surface area (Å²) in [5, 5.41) is 7.79. The summed E-state index contributed by atoms with van der Waals surface area (Å²) in [6.07, 6.45) is 3.87. The molecule has 0 bridgehead atoms. The Balaban J connectivity index is 2.08. The van der Waals surface area contributed by atoms with Gasteiger partial charge >= 0.3 is 0 Å². The van der Waals surface area contributed by atoms with Crippen LogP contribution >= 0.6 is 0 Å². The number of para-hydroxylation sites is 1. The second kappa shape index (κ2) is 9.75. The van der Waals surface area contributed by atoms with Crippen molar-refractivity contribution in [3.05, 3.63) is 48.3 Å². The standard InChI is InChI=1S/C20H30N6O/c1-16(2)11-21-20(22-13-19(27)24(3)4)25(5)14-17-12-23-26(15-17)18-9-7-6-8-10-18/h6-10,12,15-16H,11,13-14H2,1-5H3,(H,21,22). The molecule has 2 rings (SSSR count). The number of carbonyl (C=O) groups is 1. The highest BCUT2D eigenvalue weighted by atomic mass is 16.2. The summed E-state index contributed by atoms with van der Waals surface area (Å²) in [6, 6.07) is 10.0. The molecule has 0 atom stereocenters. The highest BCUT2D eigenvalue weighted by molar-refractivity contribution is 5.84. The van der Waals surface area contributed by atoms with Crippen molar-refractivity contribution < 1.29 is 4.79 Å². The van der Waals surface area contributed by atoms with Crippen molar-refractivity contribution >= 4 is 11.9 Å². The van der Waals surface area contributed by atoms with Gasteiger partial charge in [0.25, 0.3) is 0 Å². The Bertz CT molecular complexity index is 751. The molecule has 2 aromatic rings. The molecule has 1 N–H and O–H groups in total. The van der Waals surface area contributed by atoms with Crippen LogP contribution in [-0.2, 0) is 11.3 Å². The lowest BCUT2D eigenvalue weighted by Crippen LogP contribution is -2.41. The van der Waals surface area contributed by atoms with Crippen LogP contribution < -0.4 is 5.32 Å². The molecule has 0 unspecified atom stereocenters. The van der Waals surface area contributed by atoms with Gasteiger partial charge in [-0.25, -0.2) is 9.67 Å². The monoisotopic (exact) mass is 370 g/mol. The van der Waals surface area contributed by atoms with Crippen molar-refractivity contribution in [2.75, 3.05) is 34.2 Å². The van der Waals surface area contributed by atoms with Crippen molar-refractivity contribution in [3.63, 3.8) is 0 Å². The molecule has 7 heteroatoms. The number of nitrogens with zero attached hydrogens (tertiary/aromatic N) is 5. The van der Waals surface area contributed by atoms with Gasteiger partial charge < -0.3 is 15.1 Å². The number of hydrogen-bond donors (Lipinski definition) is 1. The fraction of sp³-hybridized carbons (Fsp3) is 0.450. The molecule has 1 heterocycles. The summed E-state index contributed by atoms with van der Waals surface area (Å²) in [5.74, 6) is 1.17. The highest BCUT2D eigenvalue weighted by Crippen LogP contribution is 2.09. The van der Waals surface area contributed by atoms with E-state index in [1.807, 2.05) is 59.4 Å². The molecule has 27 heavy (non-hydrogen) atoms. The zero-order valence-electron chi connectivity index (χ0n) is 16.9. The molecular formula is C20H30N6O. The zero-order valence-corrected chi connectivity index (χ0v) is 16.9. The molecule has 0 fully saturated rings. The molecule has 0 aliphatic heterocycles. The molecular weight excluding hydrogens is 340 g/mol. The average Bonchev–Trinajstić information content (AvgIpc) is 3.10. The second-order valence-electron chi connectivity index (χ2n) is 7.19. The van der Waals surface area contributed by atoms with Crippen LogP contribution in [0.4, 0.5) is 0 Å². The number of likely N-dealkylation sites (N-methyl/N-ethyl adjacent to an activating group) is 1. The van der Waals surface area contributed by atoms with E-state index in [0.29, 0.717) is 18.4 Å². The third kappa shape index (κ3) is 6.44. The molecule has 0 spiro atoms. The maximum atomic E-state index is 11.9. The van der Waals surface area contributed by atoms with Crippen LogP contribution in [0.2, 0.25) is 0 Å². The Hall–Kier alpha value is -2.83. The number of aliphatic imine (C=N–C) groups is 1. The number of amides is 1. The predicted molar refractivity (Wildman–Crippen MR) is 109 cm³/mol. The zero-order chi connectivity index (χ0) is 19.8. The molecule has 1 amide bonds. The van der Waals surface area contributed by atoms with Crippen LogP contribution in [0.3, 0.4) is 0 Å². The van der Waals surface area contributed by atoms with Gasteiger partial charge in [-0.15, -0.1) is 0 Å². The van der Waals surface area contributed by atoms with Crippen LogP contribution in [0.1, 0.15) is 19.4 Å². The lowest BCUT2D eigenvalue weighted by molar-refractivity contribution is -0.127. The Labute approximate surface area is 161 Å². The fourth-order valence-corrected chi connectivity index (χ4v) is 2.40. The molecule has 0 saturated heterocycles. The summed E-state index contributed by atoms with van der Waals surface area (Å²) < 4.78 is 1.86. The van der Waals surface area contributed by atoms with Gasteiger partial charge in [0.1, 0.15) is 6.54 Å². The van der Waals surface area contributed by atoms with Gasteiger partial charge in [0.15, 0.2) is 5.96 Å². The number of aromatic nitrogens is 2. The van der Waals surface area contributed by atoms with Gasteiger partial charge in [0.05, 0.1) is 11.9 Å². The van der Waals surface area contributed by atoms with Crippen molar-refractivity contribution in [2.24, 2.45) is 10.9 Å². The first-order valence-corrected chi connectivity index (χ1v) is 9.15. The largest absolute Gasteiger partial charge is 0.356 e. The smallest absolute Gasteiger partial charge is 0.243 e. The van der Waals surface area contributed by atoms with Gasteiger partial charge in [-0.3, -0.25) is 4.79 Å². The Kier molecular flexibility index (Phi) is 7.40. The van der Waals surface area contributed by atoms with E-state index in [2.05, 4.69) is 29.3 Å². The number of guanidine groups is 1. The van der Waals surface area contributed by atoms with Gasteiger partial charge in [-0.1, -0.05) is 32.0 Å². The first kappa shape index (κ1) is 20.5. The lowest BCUT2D eigenvalue weighted by atomic mass is 10.2. The van der Waals surface area contributed by atoms with E-state index in [9.17, 15) is 4.79 Å². The molecule has 0 aliphatic carbocycles. The first-order chi connectivity index (χ1) is 12.9. The number of rotatable bonds is 7. The van der Waals surface area contributed by atoms with Crippen molar-refractivity contribution in [1.82, 2.24) is 24.9 Å². The van der Waals surface area contributed by atoms with Crippen LogP contribution in [0.25, 0.3) is 5.69 Å². The molecule has 1 aromatic carbocycles.